The van der Waals surface area contributed by atoms with E-state index in [2.05, 4.69) is 20.9 Å². The summed E-state index contributed by atoms with van der Waals surface area (Å²) in [5.41, 5.74) is 13.8. The van der Waals surface area contributed by atoms with Crippen molar-refractivity contribution in [3.8, 4) is 22.3 Å². The second-order valence-electron chi connectivity index (χ2n) is 17.3. The molecule has 0 saturated heterocycles. The number of carbonyl (C=O) groups excluding carboxylic acids is 6. The van der Waals surface area contributed by atoms with Gasteiger partial charge in [0.25, 0.3) is 0 Å². The molecule has 6 rings (SSSR count). The Morgan fingerprint density at radius 2 is 1.25 bits per heavy atom. The highest BCUT2D eigenvalue weighted by atomic mass is 19.1. The van der Waals surface area contributed by atoms with Gasteiger partial charge in [0.15, 0.2) is 12.6 Å². The monoisotopic (exact) mass is 961 g/mol. The van der Waals surface area contributed by atoms with E-state index < -0.39 is 5.82 Å². The predicted molar refractivity (Wildman–Crippen MR) is 279 cm³/mol. The third kappa shape index (κ3) is 13.9. The van der Waals surface area contributed by atoms with E-state index in [9.17, 15) is 28.8 Å². The first-order valence-electron chi connectivity index (χ1n) is 23.5. The molecule has 0 bridgehead atoms. The molecule has 4 aromatic carbocycles. The van der Waals surface area contributed by atoms with Gasteiger partial charge in [0.05, 0.1) is 31.1 Å². The van der Waals surface area contributed by atoms with Gasteiger partial charge >= 0.3 is 0 Å². The van der Waals surface area contributed by atoms with Gasteiger partial charge in [-0.25, -0.2) is 14.4 Å². The van der Waals surface area contributed by atoms with Gasteiger partial charge in [-0.1, -0.05) is 50.2 Å². The molecule has 2 heterocycles. The van der Waals surface area contributed by atoms with Crippen LogP contribution in [0.2, 0.25) is 0 Å². The van der Waals surface area contributed by atoms with Gasteiger partial charge in [-0.3, -0.25) is 28.8 Å². The van der Waals surface area contributed by atoms with E-state index in [1.54, 1.807) is 95.8 Å². The molecule has 3 amide bonds. The molecule has 0 radical (unpaired) electrons. The molecule has 0 aliphatic carbocycles. The summed E-state index contributed by atoms with van der Waals surface area (Å²) in [5, 5.41) is 8.74. The predicted octanol–water partition coefficient (Wildman–Crippen LogP) is 7.53. The third-order valence-electron chi connectivity index (χ3n) is 11.6. The SMILES string of the molecule is CCCN(CCC)C(=O)C1=Cc2c(F)cc(-c3ccc(C=O)c(/C=C\N(C)CC(=O)NCNC4=Nc5cc(-c6ccc(C=O)c(/C=C\N(C)CC(=O)NCC)c6)ccc5C=C(C=O)C4)c3)cc2N=C(N)C1. The number of aliphatic imine (C=N–C) groups is 2. The Labute approximate surface area is 413 Å². The lowest BCUT2D eigenvalue weighted by Gasteiger charge is -2.22. The summed E-state index contributed by atoms with van der Waals surface area (Å²) in [4.78, 5) is 89.2. The van der Waals surface area contributed by atoms with Gasteiger partial charge < -0.3 is 36.4 Å². The maximum atomic E-state index is 15.9. The molecule has 368 valence electrons. The van der Waals surface area contributed by atoms with Crippen LogP contribution in [0.5, 0.6) is 0 Å². The number of nitrogens with one attached hydrogen (secondary N) is 3. The number of hydrogen-bond acceptors (Lipinski definition) is 12. The summed E-state index contributed by atoms with van der Waals surface area (Å²) in [6.45, 7) is 7.68. The molecule has 4 aromatic rings. The number of hydrogen-bond donors (Lipinski definition) is 4. The van der Waals surface area contributed by atoms with Crippen LogP contribution in [0, 0.1) is 5.82 Å². The molecule has 0 atom stereocenters. The number of halogens is 1. The summed E-state index contributed by atoms with van der Waals surface area (Å²) in [7, 11) is 3.48. The standard InChI is InChI=1S/C55H60FN9O6/c1-6-17-65(18-7-2)55(71)46-25-47-48(56)26-45(28-50(47)61-51(57)29-46)38-11-14-44(34-68)41(24-38)16-20-64(5)31-54(70)60-35-59-52-22-36(32-66)21-42-12-9-39(27-49(42)62-52)37-10-13-43(33-67)40(23-37)15-19-63(4)30-53(69)58-8-3/h9-16,19-21,23-28,32-34H,6-8,17-18,22,29-31,35H2,1-5H3,(H2,57,61)(H,58,69)(H,59,62)(H,60,70)/b19-15-,20-16-. The first-order valence-corrected chi connectivity index (χ1v) is 23.5. The number of aldehydes is 3. The molecule has 2 aliphatic heterocycles. The maximum absolute atomic E-state index is 15.9. The normalized spacial score (nSPS) is 13.0. The Morgan fingerprint density at radius 1 is 0.676 bits per heavy atom. The fraction of sp³-hybridized carbons (Fsp3) is 0.273. The zero-order valence-corrected chi connectivity index (χ0v) is 40.8. The van der Waals surface area contributed by atoms with Crippen LogP contribution in [0.4, 0.5) is 15.8 Å². The van der Waals surface area contributed by atoms with Gasteiger partial charge in [-0.2, -0.15) is 0 Å². The quantitative estimate of drug-likeness (QED) is 0.0478. The Hall–Kier alpha value is -8.27. The maximum Gasteiger partial charge on any atom is 0.250 e. The van der Waals surface area contributed by atoms with E-state index in [-0.39, 0.29) is 61.7 Å². The van der Waals surface area contributed by atoms with Crippen molar-refractivity contribution < 1.29 is 33.2 Å². The Balaban J connectivity index is 1.11. The number of likely N-dealkylation sites (N-methyl/N-ethyl adjacent to an activating group) is 3. The fourth-order valence-corrected chi connectivity index (χ4v) is 8.10. The summed E-state index contributed by atoms with van der Waals surface area (Å²) in [6.07, 6.45) is 14.3. The summed E-state index contributed by atoms with van der Waals surface area (Å²) in [6, 6.07) is 19.3. The molecular formula is C55H60FN9O6. The lowest BCUT2D eigenvalue weighted by molar-refractivity contribution is -0.127. The van der Waals surface area contributed by atoms with Gasteiger partial charge in [0.2, 0.25) is 17.7 Å². The molecule has 0 spiro atoms. The van der Waals surface area contributed by atoms with E-state index in [1.165, 1.54) is 6.07 Å². The molecular weight excluding hydrogens is 902 g/mol. The third-order valence-corrected chi connectivity index (χ3v) is 11.6. The van der Waals surface area contributed by atoms with Gasteiger partial charge in [0.1, 0.15) is 23.8 Å². The number of rotatable bonds is 21. The smallest absolute Gasteiger partial charge is 0.250 e. The highest BCUT2D eigenvalue weighted by Gasteiger charge is 2.23. The van der Waals surface area contributed by atoms with Gasteiger partial charge in [0, 0.05) is 80.0 Å². The first kappa shape index (κ1) is 52.1. The molecule has 0 fully saturated rings. The zero-order valence-electron chi connectivity index (χ0n) is 40.8. The molecule has 0 aromatic heterocycles. The largest absolute Gasteiger partial charge is 0.387 e. The van der Waals surface area contributed by atoms with Crippen LogP contribution >= 0.6 is 0 Å². The number of benzene rings is 4. The van der Waals surface area contributed by atoms with E-state index in [0.717, 1.165) is 48.4 Å². The Kier molecular flexibility index (Phi) is 18.2. The average molecular weight is 962 g/mol. The van der Waals surface area contributed by atoms with Gasteiger partial charge in [-0.05, 0) is 120 Å². The minimum absolute atomic E-state index is 0.0156. The second kappa shape index (κ2) is 24.8. The zero-order chi connectivity index (χ0) is 51.0. The highest BCUT2D eigenvalue weighted by molar-refractivity contribution is 6.06. The minimum Gasteiger partial charge on any atom is -0.387 e. The van der Waals surface area contributed by atoms with E-state index in [1.807, 2.05) is 51.1 Å². The van der Waals surface area contributed by atoms with Crippen molar-refractivity contribution in [2.24, 2.45) is 15.7 Å². The first-order chi connectivity index (χ1) is 34.2. The van der Waals surface area contributed by atoms with Crippen LogP contribution in [-0.2, 0) is 19.2 Å². The van der Waals surface area contributed by atoms with Crippen molar-refractivity contribution in [2.45, 2.75) is 46.5 Å². The number of amidine groups is 2. The van der Waals surface area contributed by atoms with E-state index in [0.29, 0.717) is 81.4 Å². The Morgan fingerprint density at radius 3 is 1.85 bits per heavy atom. The summed E-state index contributed by atoms with van der Waals surface area (Å²) < 4.78 is 15.9. The van der Waals surface area contributed by atoms with E-state index >= 15 is 4.39 Å². The minimum atomic E-state index is -0.569. The lowest BCUT2D eigenvalue weighted by atomic mass is 9.97. The van der Waals surface area contributed by atoms with Crippen molar-refractivity contribution >= 4 is 83.9 Å². The second-order valence-corrected chi connectivity index (χ2v) is 17.3. The van der Waals surface area contributed by atoms with Gasteiger partial charge in [-0.15, -0.1) is 0 Å². The average Bonchev–Trinajstić information content (AvgIpc) is 3.65. The van der Waals surface area contributed by atoms with Crippen molar-refractivity contribution in [3.63, 3.8) is 0 Å². The number of carbonyl (C=O) groups is 6. The van der Waals surface area contributed by atoms with Crippen molar-refractivity contribution in [2.75, 3.05) is 53.5 Å². The van der Waals surface area contributed by atoms with Crippen LogP contribution in [0.1, 0.15) is 89.4 Å². The topological polar surface area (TPSA) is 199 Å². The molecule has 5 N–H and O–H groups in total. The molecule has 71 heavy (non-hydrogen) atoms. The number of nitrogens with two attached hydrogens (primary N) is 1. The van der Waals surface area contributed by atoms with Crippen LogP contribution in [0.25, 0.3) is 46.6 Å². The number of fused-ring (bicyclic) bond motifs is 2. The van der Waals surface area contributed by atoms with E-state index in [4.69, 9.17) is 10.7 Å². The number of nitrogens with zero attached hydrogens (tertiary/aromatic N) is 5. The van der Waals surface area contributed by atoms with Crippen LogP contribution in [-0.4, -0.2) is 116 Å². The van der Waals surface area contributed by atoms with Crippen molar-refractivity contribution in [1.82, 2.24) is 30.7 Å². The lowest BCUT2D eigenvalue weighted by Crippen LogP contribution is -2.40. The van der Waals surface area contributed by atoms with Crippen molar-refractivity contribution in [1.29, 1.82) is 0 Å². The molecule has 16 heteroatoms. The molecule has 2 aliphatic rings. The van der Waals surface area contributed by atoms with Crippen LogP contribution in [0.3, 0.4) is 0 Å². The Bertz CT molecular complexity index is 2880. The summed E-state index contributed by atoms with van der Waals surface area (Å²) >= 11 is 0. The van der Waals surface area contributed by atoms with Crippen LogP contribution in [0.15, 0.2) is 100 Å². The molecule has 15 nitrogen and oxygen atoms in total. The van der Waals surface area contributed by atoms with Crippen molar-refractivity contribution in [3.05, 3.63) is 129 Å². The molecule has 0 saturated carbocycles. The van der Waals surface area contributed by atoms with Crippen LogP contribution < -0.4 is 21.7 Å². The summed E-state index contributed by atoms with van der Waals surface area (Å²) in [5.74, 6) is -0.535. The molecule has 0 unspecified atom stereocenters. The fourth-order valence-electron chi connectivity index (χ4n) is 8.10. The highest BCUT2D eigenvalue weighted by Crippen LogP contribution is 2.36. The number of amides is 3.